The first-order chi connectivity index (χ1) is 6.27. The van der Waals surface area contributed by atoms with Crippen LogP contribution in [0.4, 0.5) is 0 Å². The van der Waals surface area contributed by atoms with Crippen molar-refractivity contribution >= 4 is 40.3 Å². The van der Waals surface area contributed by atoms with Crippen molar-refractivity contribution < 1.29 is 24.2 Å². The van der Waals surface area contributed by atoms with E-state index in [0.717, 1.165) is 6.92 Å². The Bertz CT molecular complexity index is 161. The van der Waals surface area contributed by atoms with Crippen molar-refractivity contribution in [3.8, 4) is 0 Å². The SMILES string of the molecule is CC(=O)CI.CC(=O)O.COC(C)=O. The lowest BCUT2D eigenvalue weighted by Gasteiger charge is -1.80. The molecule has 0 aromatic heterocycles. The summed E-state index contributed by atoms with van der Waals surface area (Å²) in [5.41, 5.74) is 0. The average Bonchev–Trinajstić information content (AvgIpc) is 2.04. The summed E-state index contributed by atoms with van der Waals surface area (Å²) in [7, 11) is 1.35. The molecular weight excluding hydrogens is 303 g/mol. The second-order valence-electron chi connectivity index (χ2n) is 2.05. The van der Waals surface area contributed by atoms with E-state index in [-0.39, 0.29) is 11.8 Å². The molecule has 0 rings (SSSR count). The van der Waals surface area contributed by atoms with E-state index in [4.69, 9.17) is 9.90 Å². The summed E-state index contributed by atoms with van der Waals surface area (Å²) in [6, 6.07) is 0. The number of hydrogen-bond donors (Lipinski definition) is 1. The van der Waals surface area contributed by atoms with Crippen molar-refractivity contribution in [2.75, 3.05) is 11.5 Å². The monoisotopic (exact) mass is 318 g/mol. The summed E-state index contributed by atoms with van der Waals surface area (Å²) in [5.74, 6) is -0.837. The lowest BCUT2D eigenvalue weighted by atomic mass is 10.5. The Kier molecular flexibility index (Phi) is 20.1. The molecule has 14 heavy (non-hydrogen) atoms. The molecule has 1 N–H and O–H groups in total. The molecule has 0 heterocycles. The van der Waals surface area contributed by atoms with Gasteiger partial charge >= 0.3 is 5.97 Å². The number of alkyl halides is 1. The van der Waals surface area contributed by atoms with Crippen LogP contribution in [0.1, 0.15) is 20.8 Å². The van der Waals surface area contributed by atoms with E-state index in [2.05, 4.69) is 4.74 Å². The molecule has 0 atom stereocenters. The maximum atomic E-state index is 9.80. The number of ketones is 1. The van der Waals surface area contributed by atoms with E-state index >= 15 is 0 Å². The summed E-state index contributed by atoms with van der Waals surface area (Å²) in [5, 5.41) is 7.42. The van der Waals surface area contributed by atoms with E-state index in [1.807, 2.05) is 22.6 Å². The highest BCUT2D eigenvalue weighted by molar-refractivity contribution is 14.1. The van der Waals surface area contributed by atoms with Crippen LogP contribution in [0.2, 0.25) is 0 Å². The fourth-order valence-electron chi connectivity index (χ4n) is 0. The predicted octanol–water partition coefficient (Wildman–Crippen LogP) is 1.28. The number of rotatable bonds is 1. The molecule has 5 nitrogen and oxygen atoms in total. The van der Waals surface area contributed by atoms with Gasteiger partial charge in [0.1, 0.15) is 5.78 Å². The number of carbonyl (C=O) groups excluding carboxylic acids is 2. The minimum absolute atomic E-state index is 0.241. The lowest BCUT2D eigenvalue weighted by Crippen LogP contribution is -1.88. The van der Waals surface area contributed by atoms with Crippen LogP contribution < -0.4 is 0 Å². The maximum absolute atomic E-state index is 9.80. The molecule has 0 aliphatic heterocycles. The first-order valence-corrected chi connectivity index (χ1v) is 5.09. The zero-order valence-electron chi connectivity index (χ0n) is 8.67. The van der Waals surface area contributed by atoms with E-state index in [9.17, 15) is 9.59 Å². The third-order valence-corrected chi connectivity index (χ3v) is 1.55. The maximum Gasteiger partial charge on any atom is 0.302 e. The minimum Gasteiger partial charge on any atom is -0.481 e. The largest absolute Gasteiger partial charge is 0.481 e. The minimum atomic E-state index is -0.833. The predicted molar refractivity (Wildman–Crippen MR) is 60.6 cm³/mol. The molecule has 0 saturated carbocycles. The van der Waals surface area contributed by atoms with Crippen LogP contribution >= 0.6 is 22.6 Å². The molecule has 0 fully saturated rings. The Morgan fingerprint density at radius 1 is 1.21 bits per heavy atom. The normalized spacial score (nSPS) is 6.93. The zero-order valence-corrected chi connectivity index (χ0v) is 10.8. The van der Waals surface area contributed by atoms with Crippen molar-refractivity contribution in [3.05, 3.63) is 0 Å². The molecule has 0 unspecified atom stereocenters. The highest BCUT2D eigenvalue weighted by Crippen LogP contribution is 1.77. The molecule has 0 spiro atoms. The molecular formula is C8H15IO5. The number of esters is 1. The molecule has 0 aliphatic rings. The number of carboxylic acids is 1. The van der Waals surface area contributed by atoms with Crippen molar-refractivity contribution in [2.24, 2.45) is 0 Å². The van der Waals surface area contributed by atoms with Gasteiger partial charge in [-0.2, -0.15) is 0 Å². The highest BCUT2D eigenvalue weighted by atomic mass is 127. The van der Waals surface area contributed by atoms with Crippen LogP contribution in [-0.4, -0.2) is 34.4 Å². The summed E-state index contributed by atoms with van der Waals surface area (Å²) < 4.78 is 4.75. The van der Waals surface area contributed by atoms with Crippen molar-refractivity contribution in [3.63, 3.8) is 0 Å². The molecule has 0 radical (unpaired) electrons. The van der Waals surface area contributed by atoms with Crippen molar-refractivity contribution in [2.45, 2.75) is 20.8 Å². The van der Waals surface area contributed by atoms with Gasteiger partial charge in [-0.25, -0.2) is 0 Å². The quantitative estimate of drug-likeness (QED) is 0.447. The second kappa shape index (κ2) is 14.8. The molecule has 0 bridgehead atoms. The van der Waals surface area contributed by atoms with Gasteiger partial charge in [0.25, 0.3) is 5.97 Å². The third kappa shape index (κ3) is 109. The lowest BCUT2D eigenvalue weighted by molar-refractivity contribution is -0.138. The second-order valence-corrected chi connectivity index (χ2v) is 2.81. The fraction of sp³-hybridized carbons (Fsp3) is 0.625. The number of methoxy groups -OCH3 is 1. The van der Waals surface area contributed by atoms with Crippen molar-refractivity contribution in [1.29, 1.82) is 0 Å². The topological polar surface area (TPSA) is 80.7 Å². The summed E-state index contributed by atoms with van der Waals surface area (Å²) in [6.45, 7) is 4.02. The van der Waals surface area contributed by atoms with Crippen LogP contribution in [0.3, 0.4) is 0 Å². The Hall–Kier alpha value is -0.660. The average molecular weight is 318 g/mol. The molecule has 0 aromatic carbocycles. The molecule has 84 valence electrons. The summed E-state index contributed by atoms with van der Waals surface area (Å²) >= 11 is 2.03. The van der Waals surface area contributed by atoms with Crippen LogP contribution in [0.25, 0.3) is 0 Å². The number of ether oxygens (including phenoxy) is 1. The van der Waals surface area contributed by atoms with E-state index in [0.29, 0.717) is 4.43 Å². The van der Waals surface area contributed by atoms with Gasteiger partial charge in [0, 0.05) is 13.8 Å². The Labute approximate surface area is 97.0 Å². The van der Waals surface area contributed by atoms with E-state index in [1.54, 1.807) is 6.92 Å². The summed E-state index contributed by atoms with van der Waals surface area (Å²) in [4.78, 5) is 28.4. The van der Waals surface area contributed by atoms with E-state index < -0.39 is 5.97 Å². The van der Waals surface area contributed by atoms with Gasteiger partial charge in [-0.1, -0.05) is 22.6 Å². The van der Waals surface area contributed by atoms with Gasteiger partial charge in [-0.15, -0.1) is 0 Å². The van der Waals surface area contributed by atoms with Crippen molar-refractivity contribution in [1.82, 2.24) is 0 Å². The van der Waals surface area contributed by atoms with E-state index in [1.165, 1.54) is 14.0 Å². The number of aliphatic carboxylic acids is 1. The molecule has 0 aromatic rings. The number of carbonyl (C=O) groups is 3. The van der Waals surface area contributed by atoms with Crippen LogP contribution in [0.5, 0.6) is 0 Å². The van der Waals surface area contributed by atoms with Crippen LogP contribution in [-0.2, 0) is 19.1 Å². The first-order valence-electron chi connectivity index (χ1n) is 3.57. The van der Waals surface area contributed by atoms with Gasteiger partial charge in [-0.3, -0.25) is 14.4 Å². The van der Waals surface area contributed by atoms with Gasteiger partial charge in [0.05, 0.1) is 11.5 Å². The number of halogens is 1. The Balaban J connectivity index is -0.000000131. The highest BCUT2D eigenvalue weighted by Gasteiger charge is 1.78. The standard InChI is InChI=1S/C3H5IO.C3H6O2.C2H4O2/c1-3(5)2-4;1-3(4)5-2;1-2(3)4/h2H2,1H3;1-2H3;1H3,(H,3,4). The molecule has 0 aliphatic carbocycles. The van der Waals surface area contributed by atoms with Gasteiger partial charge < -0.3 is 9.84 Å². The third-order valence-electron chi connectivity index (χ3n) is 0.476. The van der Waals surface area contributed by atoms with Gasteiger partial charge in [0.2, 0.25) is 0 Å². The zero-order chi connectivity index (χ0) is 12.1. The number of hydrogen-bond acceptors (Lipinski definition) is 4. The van der Waals surface area contributed by atoms with Gasteiger partial charge in [0.15, 0.2) is 0 Å². The smallest absolute Gasteiger partial charge is 0.302 e. The molecule has 6 heteroatoms. The van der Waals surface area contributed by atoms with Crippen LogP contribution in [0, 0.1) is 0 Å². The first kappa shape index (κ1) is 19.0. The van der Waals surface area contributed by atoms with Crippen LogP contribution in [0.15, 0.2) is 0 Å². The molecule has 0 amide bonds. The Morgan fingerprint density at radius 3 is 1.36 bits per heavy atom. The number of carboxylic acid groups (broad SMARTS) is 1. The fourth-order valence-corrected chi connectivity index (χ4v) is 0. The Morgan fingerprint density at radius 2 is 1.36 bits per heavy atom. The summed E-state index contributed by atoms with van der Waals surface area (Å²) in [6.07, 6.45) is 0. The molecule has 0 saturated heterocycles. The van der Waals surface area contributed by atoms with Gasteiger partial charge in [-0.05, 0) is 6.92 Å². The number of Topliss-reactive ketones (excluding diaryl/α,β-unsaturated/α-hetero) is 1.